The highest BCUT2D eigenvalue weighted by atomic mass is 32.1. The Kier molecular flexibility index (Phi) is 7.12. The lowest BCUT2D eigenvalue weighted by atomic mass is 10.4. The molecule has 0 atom stereocenters. The average molecular weight is 244 g/mol. The lowest BCUT2D eigenvalue weighted by molar-refractivity contribution is 0.0705. The Morgan fingerprint density at radius 3 is 2.94 bits per heavy atom. The predicted octanol–water partition coefficient (Wildman–Crippen LogP) is 2.17. The number of hydrogen-bond donors (Lipinski definition) is 1. The van der Waals surface area contributed by atoms with Crippen LogP contribution >= 0.6 is 11.3 Å². The number of rotatable bonds is 9. The second kappa shape index (κ2) is 8.50. The maximum absolute atomic E-state index is 5.36. The molecule has 0 spiro atoms. The molecule has 0 fully saturated rings. The van der Waals surface area contributed by atoms with Crippen LogP contribution in [0, 0.1) is 0 Å². The summed E-state index contributed by atoms with van der Waals surface area (Å²) in [6, 6.07) is 0. The Hall–Kier alpha value is -0.650. The van der Waals surface area contributed by atoms with Crippen molar-refractivity contribution in [3.05, 3.63) is 11.1 Å². The van der Waals surface area contributed by atoms with Crippen molar-refractivity contribution in [1.29, 1.82) is 0 Å². The van der Waals surface area contributed by atoms with E-state index < -0.39 is 0 Å². The number of aryl methyl sites for hydroxylation is 1. The molecule has 0 bridgehead atoms. The molecule has 16 heavy (non-hydrogen) atoms. The zero-order valence-electron chi connectivity index (χ0n) is 9.99. The normalized spacial score (nSPS) is 10.6. The van der Waals surface area contributed by atoms with Crippen molar-refractivity contribution >= 4 is 16.5 Å². The summed E-state index contributed by atoms with van der Waals surface area (Å²) in [6.45, 7) is 5.13. The summed E-state index contributed by atoms with van der Waals surface area (Å²) in [7, 11) is 1.68. The van der Waals surface area contributed by atoms with E-state index in [2.05, 4.69) is 22.6 Å². The van der Waals surface area contributed by atoms with Gasteiger partial charge in [-0.25, -0.2) is 4.98 Å². The van der Waals surface area contributed by atoms with Gasteiger partial charge in [-0.2, -0.15) is 0 Å². The van der Waals surface area contributed by atoms with Crippen LogP contribution in [0.2, 0.25) is 0 Å². The highest BCUT2D eigenvalue weighted by molar-refractivity contribution is 7.13. The number of anilines is 1. The third-order valence-electron chi connectivity index (χ3n) is 2.09. The van der Waals surface area contributed by atoms with Gasteiger partial charge in [0.05, 0.1) is 18.9 Å². The fourth-order valence-corrected chi connectivity index (χ4v) is 1.99. The number of nitrogens with one attached hydrogen (secondary N) is 1. The first-order valence-corrected chi connectivity index (χ1v) is 6.49. The summed E-state index contributed by atoms with van der Waals surface area (Å²) in [5, 5.41) is 6.39. The van der Waals surface area contributed by atoms with Gasteiger partial charge in [0.25, 0.3) is 0 Å². The SMILES string of the molecule is CCc1csc(NCCCOCCOC)n1. The molecule has 0 saturated heterocycles. The topological polar surface area (TPSA) is 43.4 Å². The molecule has 0 aliphatic carbocycles. The Balaban J connectivity index is 1.98. The molecular weight excluding hydrogens is 224 g/mol. The second-order valence-corrected chi connectivity index (χ2v) is 4.24. The number of ether oxygens (including phenoxy) is 2. The van der Waals surface area contributed by atoms with E-state index >= 15 is 0 Å². The van der Waals surface area contributed by atoms with Gasteiger partial charge in [0, 0.05) is 25.6 Å². The predicted molar refractivity (Wildman–Crippen MR) is 67.3 cm³/mol. The molecule has 1 aromatic rings. The van der Waals surface area contributed by atoms with Crippen molar-refractivity contribution in [3.8, 4) is 0 Å². The van der Waals surface area contributed by atoms with Gasteiger partial charge in [-0.3, -0.25) is 0 Å². The smallest absolute Gasteiger partial charge is 0.182 e. The average Bonchev–Trinajstić information content (AvgIpc) is 2.76. The van der Waals surface area contributed by atoms with Gasteiger partial charge in [-0.15, -0.1) is 11.3 Å². The van der Waals surface area contributed by atoms with Crippen molar-refractivity contribution in [2.75, 3.05) is 38.8 Å². The van der Waals surface area contributed by atoms with Crippen LogP contribution in [-0.4, -0.2) is 38.5 Å². The van der Waals surface area contributed by atoms with Gasteiger partial charge in [-0.1, -0.05) is 6.92 Å². The number of thiazole rings is 1. The monoisotopic (exact) mass is 244 g/mol. The van der Waals surface area contributed by atoms with E-state index in [-0.39, 0.29) is 0 Å². The van der Waals surface area contributed by atoms with Gasteiger partial charge in [0.15, 0.2) is 5.13 Å². The molecule has 0 unspecified atom stereocenters. The standard InChI is InChI=1S/C11H20N2O2S/c1-3-10-9-16-11(13-10)12-5-4-6-15-8-7-14-2/h9H,3-8H2,1-2H3,(H,12,13). The number of hydrogen-bond acceptors (Lipinski definition) is 5. The zero-order chi connectivity index (χ0) is 11.6. The molecule has 0 aliphatic rings. The number of nitrogens with zero attached hydrogens (tertiary/aromatic N) is 1. The lowest BCUT2D eigenvalue weighted by Gasteiger charge is -2.04. The van der Waals surface area contributed by atoms with Gasteiger partial charge in [0.1, 0.15) is 0 Å². The van der Waals surface area contributed by atoms with Crippen LogP contribution in [0.15, 0.2) is 5.38 Å². The molecule has 1 rings (SSSR count). The molecule has 0 aliphatic heterocycles. The summed E-state index contributed by atoms with van der Waals surface area (Å²) in [4.78, 5) is 4.42. The van der Waals surface area contributed by atoms with Gasteiger partial charge in [0.2, 0.25) is 0 Å². The fraction of sp³-hybridized carbons (Fsp3) is 0.727. The van der Waals surface area contributed by atoms with E-state index in [1.807, 2.05) is 0 Å². The molecule has 4 nitrogen and oxygen atoms in total. The first kappa shape index (κ1) is 13.4. The summed E-state index contributed by atoms with van der Waals surface area (Å²) in [6.07, 6.45) is 1.99. The molecule has 0 radical (unpaired) electrons. The van der Waals surface area contributed by atoms with Crippen LogP contribution in [0.25, 0.3) is 0 Å². The van der Waals surface area contributed by atoms with Crippen LogP contribution in [0.4, 0.5) is 5.13 Å². The molecule has 1 heterocycles. The van der Waals surface area contributed by atoms with Crippen molar-refractivity contribution < 1.29 is 9.47 Å². The molecule has 0 aromatic carbocycles. The number of methoxy groups -OCH3 is 1. The van der Waals surface area contributed by atoms with Crippen molar-refractivity contribution in [2.24, 2.45) is 0 Å². The minimum Gasteiger partial charge on any atom is -0.382 e. The number of aromatic nitrogens is 1. The van der Waals surface area contributed by atoms with Crippen LogP contribution in [0.5, 0.6) is 0 Å². The maximum atomic E-state index is 5.36. The van der Waals surface area contributed by atoms with E-state index in [0.29, 0.717) is 13.2 Å². The minimum absolute atomic E-state index is 0.666. The first-order valence-electron chi connectivity index (χ1n) is 5.61. The molecule has 92 valence electrons. The third kappa shape index (κ3) is 5.44. The van der Waals surface area contributed by atoms with Gasteiger partial charge < -0.3 is 14.8 Å². The lowest BCUT2D eigenvalue weighted by Crippen LogP contribution is -2.08. The van der Waals surface area contributed by atoms with E-state index in [1.54, 1.807) is 18.4 Å². The first-order chi connectivity index (χ1) is 7.86. The van der Waals surface area contributed by atoms with Gasteiger partial charge in [-0.05, 0) is 12.8 Å². The minimum atomic E-state index is 0.666. The molecular formula is C11H20N2O2S. The highest BCUT2D eigenvalue weighted by Gasteiger charge is 1.98. The molecule has 1 aromatic heterocycles. The molecule has 0 saturated carbocycles. The fourth-order valence-electron chi connectivity index (χ4n) is 1.16. The van der Waals surface area contributed by atoms with Crippen LogP contribution in [-0.2, 0) is 15.9 Å². The Bertz CT molecular complexity index is 279. The van der Waals surface area contributed by atoms with Crippen molar-refractivity contribution in [3.63, 3.8) is 0 Å². The van der Waals surface area contributed by atoms with Crippen LogP contribution < -0.4 is 5.32 Å². The third-order valence-corrected chi connectivity index (χ3v) is 2.94. The Morgan fingerprint density at radius 1 is 1.38 bits per heavy atom. The van der Waals surface area contributed by atoms with Crippen LogP contribution in [0.3, 0.4) is 0 Å². The molecule has 0 amide bonds. The summed E-state index contributed by atoms with van der Waals surface area (Å²) < 4.78 is 10.2. The molecule has 5 heteroatoms. The maximum Gasteiger partial charge on any atom is 0.182 e. The summed E-state index contributed by atoms with van der Waals surface area (Å²) in [5.41, 5.74) is 1.16. The highest BCUT2D eigenvalue weighted by Crippen LogP contribution is 2.15. The van der Waals surface area contributed by atoms with E-state index in [4.69, 9.17) is 9.47 Å². The van der Waals surface area contributed by atoms with E-state index in [0.717, 1.165) is 36.8 Å². The summed E-state index contributed by atoms with van der Waals surface area (Å²) >= 11 is 1.66. The van der Waals surface area contributed by atoms with E-state index in [9.17, 15) is 0 Å². The largest absolute Gasteiger partial charge is 0.382 e. The summed E-state index contributed by atoms with van der Waals surface area (Å²) in [5.74, 6) is 0. The van der Waals surface area contributed by atoms with Crippen LogP contribution in [0.1, 0.15) is 19.0 Å². The van der Waals surface area contributed by atoms with E-state index in [1.165, 1.54) is 0 Å². The quantitative estimate of drug-likeness (QED) is 0.676. The van der Waals surface area contributed by atoms with Gasteiger partial charge >= 0.3 is 0 Å². The second-order valence-electron chi connectivity index (χ2n) is 3.38. The zero-order valence-corrected chi connectivity index (χ0v) is 10.8. The van der Waals surface area contributed by atoms with Crippen molar-refractivity contribution in [2.45, 2.75) is 19.8 Å². The Morgan fingerprint density at radius 2 is 2.25 bits per heavy atom. The van der Waals surface area contributed by atoms with Crippen molar-refractivity contribution in [1.82, 2.24) is 4.98 Å². The molecule has 1 N–H and O–H groups in total. The Labute approximate surface area is 101 Å².